The number of hydrogen-bond acceptors (Lipinski definition) is 5. The van der Waals surface area contributed by atoms with Crippen molar-refractivity contribution >= 4 is 5.97 Å². The van der Waals surface area contributed by atoms with E-state index in [1.54, 1.807) is 24.3 Å². The molecule has 0 amide bonds. The predicted octanol–water partition coefficient (Wildman–Crippen LogP) is 3.15. The summed E-state index contributed by atoms with van der Waals surface area (Å²) in [6.45, 7) is -3.11. The summed E-state index contributed by atoms with van der Waals surface area (Å²) < 4.78 is 39.0. The summed E-state index contributed by atoms with van der Waals surface area (Å²) in [5.41, 5.74) is 1.59. The highest BCUT2D eigenvalue weighted by molar-refractivity contribution is 5.89. The summed E-state index contributed by atoms with van der Waals surface area (Å²) in [5.74, 6) is -0.510. The quantitative estimate of drug-likeness (QED) is 0.786. The van der Waals surface area contributed by atoms with Gasteiger partial charge in [-0.2, -0.15) is 8.78 Å². The maximum absolute atomic E-state index is 12.3. The first-order valence-electron chi connectivity index (χ1n) is 7.02. The Bertz CT molecular complexity index is 686. The van der Waals surface area contributed by atoms with Gasteiger partial charge >= 0.3 is 12.6 Å². The summed E-state index contributed by atoms with van der Waals surface area (Å²) >= 11 is 0. The van der Waals surface area contributed by atoms with Crippen LogP contribution in [0.5, 0.6) is 11.5 Å². The number of methoxy groups -OCH3 is 1. The molecule has 0 saturated carbocycles. The second-order valence-electron chi connectivity index (χ2n) is 4.79. The first-order chi connectivity index (χ1) is 11.5. The molecule has 0 heterocycles. The predicted molar refractivity (Wildman–Crippen MR) is 81.1 cm³/mol. The molecular formula is C17H16F2O5. The van der Waals surface area contributed by atoms with E-state index >= 15 is 0 Å². The highest BCUT2D eigenvalue weighted by Gasteiger charge is 2.12. The summed E-state index contributed by atoms with van der Waals surface area (Å²) in [7, 11) is 1.33. The molecule has 2 aromatic rings. The van der Waals surface area contributed by atoms with Crippen molar-refractivity contribution in [1.29, 1.82) is 0 Å². The largest absolute Gasteiger partial charge is 0.493 e. The van der Waals surface area contributed by atoms with E-state index in [0.717, 1.165) is 0 Å². The molecule has 24 heavy (non-hydrogen) atoms. The molecule has 0 radical (unpaired) electrons. The Labute approximate surface area is 137 Å². The highest BCUT2D eigenvalue weighted by atomic mass is 19.3. The zero-order valence-corrected chi connectivity index (χ0v) is 12.9. The molecule has 1 N–H and O–H groups in total. The van der Waals surface area contributed by atoms with E-state index in [1.807, 2.05) is 0 Å². The smallest absolute Gasteiger partial charge is 0.387 e. The van der Waals surface area contributed by atoms with Gasteiger partial charge < -0.3 is 19.3 Å². The van der Waals surface area contributed by atoms with E-state index in [0.29, 0.717) is 16.7 Å². The number of rotatable bonds is 7. The number of carbonyl (C=O) groups is 1. The lowest BCUT2D eigenvalue weighted by Gasteiger charge is -2.11. The Morgan fingerprint density at radius 3 is 2.33 bits per heavy atom. The normalized spacial score (nSPS) is 10.5. The Kier molecular flexibility index (Phi) is 6.08. The monoisotopic (exact) mass is 338 g/mol. The van der Waals surface area contributed by atoms with E-state index in [-0.39, 0.29) is 24.7 Å². The Balaban J connectivity index is 2.01. The first-order valence-corrected chi connectivity index (χ1v) is 7.02. The molecular weight excluding hydrogens is 322 g/mol. The van der Waals surface area contributed by atoms with Crippen molar-refractivity contribution in [2.75, 3.05) is 7.11 Å². The van der Waals surface area contributed by atoms with Crippen LogP contribution in [0.2, 0.25) is 0 Å². The molecule has 0 aliphatic carbocycles. The third-order valence-electron chi connectivity index (χ3n) is 3.19. The van der Waals surface area contributed by atoms with E-state index in [9.17, 15) is 13.6 Å². The van der Waals surface area contributed by atoms with E-state index in [2.05, 4.69) is 4.74 Å². The van der Waals surface area contributed by atoms with E-state index in [4.69, 9.17) is 14.6 Å². The zero-order chi connectivity index (χ0) is 17.5. The lowest BCUT2D eigenvalue weighted by molar-refractivity contribution is -0.0512. The fourth-order valence-corrected chi connectivity index (χ4v) is 1.97. The molecule has 0 aliphatic rings. The number of aliphatic hydroxyl groups excluding tert-OH is 1. The summed E-state index contributed by atoms with van der Waals surface area (Å²) in [6, 6.07) is 10.6. The average molecular weight is 338 g/mol. The van der Waals surface area contributed by atoms with Crippen LogP contribution in [0.4, 0.5) is 8.78 Å². The lowest BCUT2D eigenvalue weighted by atomic mass is 10.1. The molecule has 5 nitrogen and oxygen atoms in total. The third kappa shape index (κ3) is 4.66. The van der Waals surface area contributed by atoms with E-state index in [1.165, 1.54) is 25.3 Å². The minimum Gasteiger partial charge on any atom is -0.493 e. The maximum atomic E-state index is 12.3. The molecule has 0 unspecified atom stereocenters. The van der Waals surface area contributed by atoms with Gasteiger partial charge in [-0.25, -0.2) is 4.79 Å². The summed E-state index contributed by atoms with van der Waals surface area (Å²) in [6.07, 6.45) is 0. The van der Waals surface area contributed by atoms with Crippen LogP contribution in [0.25, 0.3) is 0 Å². The Morgan fingerprint density at radius 1 is 1.08 bits per heavy atom. The van der Waals surface area contributed by atoms with Crippen LogP contribution in [0.3, 0.4) is 0 Å². The van der Waals surface area contributed by atoms with Gasteiger partial charge in [-0.3, -0.25) is 0 Å². The molecule has 2 aromatic carbocycles. The number of carbonyl (C=O) groups excluding carboxylic acids is 1. The van der Waals surface area contributed by atoms with Crippen LogP contribution >= 0.6 is 0 Å². The minimum atomic E-state index is -2.95. The molecule has 0 aromatic heterocycles. The number of ether oxygens (including phenoxy) is 3. The van der Waals surface area contributed by atoms with Crippen molar-refractivity contribution in [3.8, 4) is 11.5 Å². The number of aliphatic hydroxyl groups is 1. The summed E-state index contributed by atoms with van der Waals surface area (Å²) in [4.78, 5) is 11.9. The third-order valence-corrected chi connectivity index (χ3v) is 3.19. The zero-order valence-electron chi connectivity index (χ0n) is 12.9. The number of benzene rings is 2. The van der Waals surface area contributed by atoms with Crippen molar-refractivity contribution in [2.24, 2.45) is 0 Å². The number of alkyl halides is 2. The fourth-order valence-electron chi connectivity index (χ4n) is 1.97. The van der Waals surface area contributed by atoms with Gasteiger partial charge in [0, 0.05) is 0 Å². The van der Waals surface area contributed by atoms with Gasteiger partial charge in [-0.05, 0) is 35.4 Å². The topological polar surface area (TPSA) is 65.0 Å². The van der Waals surface area contributed by atoms with Crippen LogP contribution in [-0.4, -0.2) is 24.8 Å². The van der Waals surface area contributed by atoms with Crippen LogP contribution in [0.15, 0.2) is 42.5 Å². The molecule has 0 atom stereocenters. The molecule has 128 valence electrons. The van der Waals surface area contributed by atoms with Crippen molar-refractivity contribution in [3.63, 3.8) is 0 Å². The molecule has 0 aliphatic heterocycles. The van der Waals surface area contributed by atoms with Gasteiger partial charge in [0.05, 0.1) is 19.3 Å². The first kappa shape index (κ1) is 17.7. The second-order valence-corrected chi connectivity index (χ2v) is 4.79. The second kappa shape index (κ2) is 8.26. The Morgan fingerprint density at radius 2 is 1.75 bits per heavy atom. The molecule has 0 bridgehead atoms. The minimum absolute atomic E-state index is 0.0497. The molecule has 7 heteroatoms. The molecule has 2 rings (SSSR count). The van der Waals surface area contributed by atoms with E-state index < -0.39 is 12.6 Å². The Hall–Kier alpha value is -2.67. The van der Waals surface area contributed by atoms with Crippen molar-refractivity contribution in [3.05, 3.63) is 59.2 Å². The van der Waals surface area contributed by atoms with Crippen LogP contribution < -0.4 is 9.47 Å². The fraction of sp³-hybridized carbons (Fsp3) is 0.235. The van der Waals surface area contributed by atoms with Gasteiger partial charge in [0.25, 0.3) is 0 Å². The number of esters is 1. The van der Waals surface area contributed by atoms with Crippen LogP contribution in [-0.2, 0) is 18.0 Å². The van der Waals surface area contributed by atoms with Crippen molar-refractivity contribution < 1.29 is 32.9 Å². The van der Waals surface area contributed by atoms with Gasteiger partial charge in [-0.1, -0.05) is 18.2 Å². The molecule has 0 fully saturated rings. The molecule has 0 saturated heterocycles. The summed E-state index contributed by atoms with van der Waals surface area (Å²) in [5, 5.41) is 8.96. The molecule has 0 spiro atoms. The lowest BCUT2D eigenvalue weighted by Crippen LogP contribution is -2.06. The van der Waals surface area contributed by atoms with Crippen molar-refractivity contribution in [2.45, 2.75) is 19.8 Å². The maximum Gasteiger partial charge on any atom is 0.387 e. The van der Waals surface area contributed by atoms with Crippen molar-refractivity contribution in [1.82, 2.24) is 0 Å². The van der Waals surface area contributed by atoms with Crippen LogP contribution in [0, 0.1) is 0 Å². The van der Waals surface area contributed by atoms with Gasteiger partial charge in [0.2, 0.25) is 0 Å². The number of halogens is 2. The highest BCUT2D eigenvalue weighted by Crippen LogP contribution is 2.29. The number of hydrogen-bond donors (Lipinski definition) is 1. The van der Waals surface area contributed by atoms with Gasteiger partial charge in [0.15, 0.2) is 11.5 Å². The standard InChI is InChI=1S/C17H16F2O5/c1-22-15-8-12(4-7-14(15)24-17(18)19)10-23-16(21)13-5-2-11(9-20)3-6-13/h2-8,17,20H,9-10H2,1H3. The SMILES string of the molecule is COc1cc(COC(=O)c2ccc(CO)cc2)ccc1OC(F)F. The van der Waals surface area contributed by atoms with Gasteiger partial charge in [0.1, 0.15) is 6.61 Å². The van der Waals surface area contributed by atoms with Gasteiger partial charge in [-0.15, -0.1) is 0 Å². The van der Waals surface area contributed by atoms with Crippen LogP contribution in [0.1, 0.15) is 21.5 Å². The average Bonchev–Trinajstić information content (AvgIpc) is 2.60.